The predicted octanol–water partition coefficient (Wildman–Crippen LogP) is 4.17. The molecule has 2 N–H and O–H groups in total. The number of hydrogen-bond donors (Lipinski definition) is 1. The Labute approximate surface area is 130 Å². The maximum absolute atomic E-state index is 5.79. The summed E-state index contributed by atoms with van der Waals surface area (Å²) in [7, 11) is 0. The molecule has 4 heteroatoms. The molecule has 0 fully saturated rings. The number of halogens is 1. The number of pyridine rings is 2. The highest BCUT2D eigenvalue weighted by Gasteiger charge is 2.11. The van der Waals surface area contributed by atoms with Gasteiger partial charge in [0.2, 0.25) is 0 Å². The fourth-order valence-corrected chi connectivity index (χ4v) is 2.57. The van der Waals surface area contributed by atoms with E-state index in [1.54, 1.807) is 0 Å². The number of nitrogen functional groups attached to an aromatic ring is 1. The van der Waals surface area contributed by atoms with E-state index >= 15 is 0 Å². The van der Waals surface area contributed by atoms with Gasteiger partial charge in [0.15, 0.2) is 0 Å². The lowest BCUT2D eigenvalue weighted by atomic mass is 9.97. The molecule has 3 nitrogen and oxygen atoms in total. The maximum atomic E-state index is 5.79. The fraction of sp³-hybridized carbons (Fsp3) is 0.176. The van der Waals surface area contributed by atoms with Gasteiger partial charge in [0.1, 0.15) is 5.82 Å². The van der Waals surface area contributed by atoms with Crippen molar-refractivity contribution >= 4 is 29.1 Å². The van der Waals surface area contributed by atoms with Crippen LogP contribution in [-0.4, -0.2) is 9.97 Å². The average Bonchev–Trinajstić information content (AvgIpc) is 2.48. The molecule has 21 heavy (non-hydrogen) atoms. The van der Waals surface area contributed by atoms with Crippen LogP contribution >= 0.6 is 12.4 Å². The monoisotopic (exact) mass is 299 g/mol. The Kier molecular flexibility index (Phi) is 4.43. The second-order valence-corrected chi connectivity index (χ2v) is 4.91. The highest BCUT2D eigenvalue weighted by molar-refractivity contribution is 5.96. The van der Waals surface area contributed by atoms with Gasteiger partial charge in [-0.1, -0.05) is 25.1 Å². The molecule has 1 aromatic carbocycles. The van der Waals surface area contributed by atoms with E-state index in [9.17, 15) is 0 Å². The molecule has 2 heterocycles. The van der Waals surface area contributed by atoms with Crippen molar-refractivity contribution in [1.82, 2.24) is 9.97 Å². The van der Waals surface area contributed by atoms with Gasteiger partial charge in [-0.05, 0) is 37.1 Å². The largest absolute Gasteiger partial charge is 0.384 e. The van der Waals surface area contributed by atoms with Gasteiger partial charge >= 0.3 is 0 Å². The first-order valence-electron chi connectivity index (χ1n) is 6.81. The third-order valence-electron chi connectivity index (χ3n) is 3.61. The minimum Gasteiger partial charge on any atom is -0.384 e. The summed E-state index contributed by atoms with van der Waals surface area (Å²) in [6, 6.07) is 12.2. The Morgan fingerprint density at radius 2 is 1.81 bits per heavy atom. The first kappa shape index (κ1) is 15.3. The SMILES string of the molecule is CCc1nc(N)ccc1-c1ccc(C)c2cccnc12.Cl. The van der Waals surface area contributed by atoms with Gasteiger partial charge in [-0.25, -0.2) is 4.98 Å². The molecule has 2 aromatic heterocycles. The summed E-state index contributed by atoms with van der Waals surface area (Å²) in [5.41, 5.74) is 11.3. The Bertz CT molecular complexity index is 784. The molecule has 0 saturated carbocycles. The minimum atomic E-state index is 0. The van der Waals surface area contributed by atoms with Gasteiger partial charge < -0.3 is 5.73 Å². The third kappa shape index (κ3) is 2.69. The molecule has 0 amide bonds. The number of nitrogens with two attached hydrogens (primary N) is 1. The Hall–Kier alpha value is -2.13. The summed E-state index contributed by atoms with van der Waals surface area (Å²) in [6.07, 6.45) is 2.68. The summed E-state index contributed by atoms with van der Waals surface area (Å²) in [5.74, 6) is 0.565. The lowest BCUT2D eigenvalue weighted by Crippen LogP contribution is -1.98. The second kappa shape index (κ2) is 6.10. The Balaban J connectivity index is 0.00000161. The average molecular weight is 300 g/mol. The topological polar surface area (TPSA) is 51.8 Å². The van der Waals surface area contributed by atoms with Crippen LogP contribution in [0.4, 0.5) is 5.82 Å². The van der Waals surface area contributed by atoms with E-state index in [2.05, 4.69) is 42.0 Å². The van der Waals surface area contributed by atoms with Crippen LogP contribution in [0.5, 0.6) is 0 Å². The molecular weight excluding hydrogens is 282 g/mol. The van der Waals surface area contributed by atoms with Crippen molar-refractivity contribution in [2.75, 3.05) is 5.73 Å². The molecule has 0 aliphatic heterocycles. The normalized spacial score (nSPS) is 10.4. The first-order chi connectivity index (χ1) is 9.70. The van der Waals surface area contributed by atoms with Gasteiger partial charge in [0.05, 0.1) is 11.2 Å². The number of aromatic nitrogens is 2. The molecule has 108 valence electrons. The van der Waals surface area contributed by atoms with Crippen LogP contribution in [0, 0.1) is 6.92 Å². The van der Waals surface area contributed by atoms with Crippen molar-refractivity contribution in [1.29, 1.82) is 0 Å². The van der Waals surface area contributed by atoms with Crippen molar-refractivity contribution in [3.63, 3.8) is 0 Å². The summed E-state index contributed by atoms with van der Waals surface area (Å²) in [6.45, 7) is 4.20. The van der Waals surface area contributed by atoms with Crippen LogP contribution in [0.2, 0.25) is 0 Å². The van der Waals surface area contributed by atoms with Gasteiger partial charge in [0.25, 0.3) is 0 Å². The highest BCUT2D eigenvalue weighted by atomic mass is 35.5. The van der Waals surface area contributed by atoms with Gasteiger partial charge in [-0.15, -0.1) is 12.4 Å². The van der Waals surface area contributed by atoms with Crippen molar-refractivity contribution < 1.29 is 0 Å². The fourth-order valence-electron chi connectivity index (χ4n) is 2.57. The zero-order valence-electron chi connectivity index (χ0n) is 12.1. The molecule has 0 aliphatic carbocycles. The number of nitrogens with zero attached hydrogens (tertiary/aromatic N) is 2. The molecule has 3 aromatic rings. The molecule has 0 unspecified atom stereocenters. The number of rotatable bonds is 2. The third-order valence-corrected chi connectivity index (χ3v) is 3.61. The van der Waals surface area contributed by atoms with E-state index in [-0.39, 0.29) is 12.4 Å². The van der Waals surface area contributed by atoms with E-state index in [0.717, 1.165) is 28.8 Å². The van der Waals surface area contributed by atoms with Crippen LogP contribution in [-0.2, 0) is 6.42 Å². The number of anilines is 1. The van der Waals surface area contributed by atoms with Crippen LogP contribution in [0.15, 0.2) is 42.6 Å². The quantitative estimate of drug-likeness (QED) is 0.772. The molecular formula is C17H18ClN3. The van der Waals surface area contributed by atoms with Crippen LogP contribution in [0.3, 0.4) is 0 Å². The summed E-state index contributed by atoms with van der Waals surface area (Å²) >= 11 is 0. The van der Waals surface area contributed by atoms with Gasteiger partial charge in [-0.3, -0.25) is 4.98 Å². The molecule has 0 spiro atoms. The van der Waals surface area contributed by atoms with E-state index in [4.69, 9.17) is 5.73 Å². The van der Waals surface area contributed by atoms with Crippen molar-refractivity contribution in [3.05, 3.63) is 53.9 Å². The van der Waals surface area contributed by atoms with Crippen LogP contribution in [0.25, 0.3) is 22.0 Å². The molecule has 0 bridgehead atoms. The van der Waals surface area contributed by atoms with E-state index < -0.39 is 0 Å². The number of benzene rings is 1. The number of hydrogen-bond acceptors (Lipinski definition) is 3. The maximum Gasteiger partial charge on any atom is 0.123 e. The zero-order chi connectivity index (χ0) is 14.1. The first-order valence-corrected chi connectivity index (χ1v) is 6.81. The Morgan fingerprint density at radius 1 is 1.05 bits per heavy atom. The van der Waals surface area contributed by atoms with Crippen molar-refractivity contribution in [3.8, 4) is 11.1 Å². The summed E-state index contributed by atoms with van der Waals surface area (Å²) in [5, 5.41) is 1.18. The highest BCUT2D eigenvalue weighted by Crippen LogP contribution is 2.31. The lowest BCUT2D eigenvalue weighted by Gasteiger charge is -2.11. The Morgan fingerprint density at radius 3 is 2.57 bits per heavy atom. The van der Waals surface area contributed by atoms with Crippen LogP contribution in [0.1, 0.15) is 18.2 Å². The zero-order valence-corrected chi connectivity index (χ0v) is 12.9. The molecule has 3 rings (SSSR count). The van der Waals surface area contributed by atoms with Crippen LogP contribution < -0.4 is 5.73 Å². The van der Waals surface area contributed by atoms with Gasteiger partial charge in [0, 0.05) is 22.7 Å². The number of fused-ring (bicyclic) bond motifs is 1. The second-order valence-electron chi connectivity index (χ2n) is 4.91. The van der Waals surface area contributed by atoms with E-state index in [0.29, 0.717) is 5.82 Å². The molecule has 0 radical (unpaired) electrons. The molecule has 0 atom stereocenters. The summed E-state index contributed by atoms with van der Waals surface area (Å²) < 4.78 is 0. The predicted molar refractivity (Wildman–Crippen MR) is 90.7 cm³/mol. The molecule has 0 aliphatic rings. The smallest absolute Gasteiger partial charge is 0.123 e. The van der Waals surface area contributed by atoms with E-state index in [1.165, 1.54) is 10.9 Å². The van der Waals surface area contributed by atoms with Gasteiger partial charge in [-0.2, -0.15) is 0 Å². The van der Waals surface area contributed by atoms with Crippen molar-refractivity contribution in [2.45, 2.75) is 20.3 Å². The lowest BCUT2D eigenvalue weighted by molar-refractivity contribution is 1.04. The number of aryl methyl sites for hydroxylation is 2. The van der Waals surface area contributed by atoms with Crippen molar-refractivity contribution in [2.24, 2.45) is 0 Å². The summed E-state index contributed by atoms with van der Waals surface area (Å²) in [4.78, 5) is 9.00. The minimum absolute atomic E-state index is 0. The van der Waals surface area contributed by atoms with E-state index in [1.807, 2.05) is 24.4 Å². The standard InChI is InChI=1S/C17H17N3.ClH/c1-3-15-13(8-9-16(18)20-15)14-7-6-11(2)12-5-4-10-19-17(12)14;/h4-10H,3H2,1-2H3,(H2,18,20);1H. The molecule has 0 saturated heterocycles.